The lowest BCUT2D eigenvalue weighted by molar-refractivity contribution is -0.0541. The van der Waals surface area contributed by atoms with Crippen LogP contribution in [-0.2, 0) is 17.7 Å². The van der Waals surface area contributed by atoms with Crippen molar-refractivity contribution in [3.8, 4) is 0 Å². The van der Waals surface area contributed by atoms with Crippen molar-refractivity contribution in [3.63, 3.8) is 0 Å². The van der Waals surface area contributed by atoms with E-state index in [9.17, 15) is 0 Å². The van der Waals surface area contributed by atoms with Crippen LogP contribution in [0.15, 0.2) is 42.7 Å². The summed E-state index contributed by atoms with van der Waals surface area (Å²) in [5.41, 5.74) is 3.07. The number of aromatic nitrogens is 2. The van der Waals surface area contributed by atoms with Crippen LogP contribution >= 0.6 is 0 Å². The Kier molecular flexibility index (Phi) is 3.95. The molecule has 0 saturated carbocycles. The number of fused-ring (bicyclic) bond motifs is 1. The molecular formula is C18H23N3O. The second-order valence-electron chi connectivity index (χ2n) is 6.32. The van der Waals surface area contributed by atoms with Crippen LogP contribution in [0.25, 0.3) is 0 Å². The Labute approximate surface area is 131 Å². The first kappa shape index (κ1) is 14.0. The topological polar surface area (TPSA) is 30.3 Å². The van der Waals surface area contributed by atoms with Gasteiger partial charge in [0, 0.05) is 31.5 Å². The maximum atomic E-state index is 5.96. The van der Waals surface area contributed by atoms with E-state index in [0.717, 1.165) is 26.2 Å². The number of ether oxygens (including phenoxy) is 1. The highest BCUT2D eigenvalue weighted by Gasteiger charge is 2.30. The van der Waals surface area contributed by atoms with E-state index in [1.165, 1.54) is 30.4 Å². The average molecular weight is 297 g/mol. The van der Waals surface area contributed by atoms with Gasteiger partial charge in [0.2, 0.25) is 0 Å². The fourth-order valence-corrected chi connectivity index (χ4v) is 3.86. The van der Waals surface area contributed by atoms with Crippen LogP contribution in [0, 0.1) is 0 Å². The number of hydrogen-bond donors (Lipinski definition) is 0. The van der Waals surface area contributed by atoms with Crippen molar-refractivity contribution in [1.82, 2.24) is 14.7 Å². The van der Waals surface area contributed by atoms with Crippen molar-refractivity contribution < 1.29 is 4.74 Å². The summed E-state index contributed by atoms with van der Waals surface area (Å²) in [6, 6.07) is 11.5. The second kappa shape index (κ2) is 6.23. The first-order valence-electron chi connectivity index (χ1n) is 8.31. The molecule has 0 N–H and O–H groups in total. The lowest BCUT2D eigenvalue weighted by Crippen LogP contribution is -2.46. The van der Waals surface area contributed by atoms with Crippen LogP contribution in [-0.4, -0.2) is 40.5 Å². The van der Waals surface area contributed by atoms with E-state index in [-0.39, 0.29) is 6.10 Å². The fourth-order valence-electron chi connectivity index (χ4n) is 3.86. The quantitative estimate of drug-likeness (QED) is 0.872. The zero-order chi connectivity index (χ0) is 14.8. The third-order valence-electron chi connectivity index (χ3n) is 4.90. The number of hydrogen-bond acceptors (Lipinski definition) is 3. The summed E-state index contributed by atoms with van der Waals surface area (Å²) in [6.45, 7) is 3.70. The molecule has 2 aromatic rings. The molecule has 0 spiro atoms. The predicted molar refractivity (Wildman–Crippen MR) is 85.7 cm³/mol. The maximum absolute atomic E-state index is 5.96. The molecule has 22 heavy (non-hydrogen) atoms. The van der Waals surface area contributed by atoms with Gasteiger partial charge in [-0.15, -0.1) is 0 Å². The third kappa shape index (κ3) is 2.81. The molecule has 2 aliphatic rings. The van der Waals surface area contributed by atoms with Crippen molar-refractivity contribution in [2.45, 2.75) is 38.0 Å². The number of nitrogens with zero attached hydrogens (tertiary/aromatic N) is 3. The standard InChI is InChI=1S/C18H23N3O/c1-2-7-17-15(5-1)6-3-8-18(17)20-11-12-22-16(13-20)14-21-10-4-9-19-21/h1-2,4-5,7,9-10,16,18H,3,6,8,11-14H2/t16-,18-/m1/s1. The first-order valence-corrected chi connectivity index (χ1v) is 8.31. The van der Waals surface area contributed by atoms with Gasteiger partial charge in [0.05, 0.1) is 19.3 Å². The summed E-state index contributed by atoms with van der Waals surface area (Å²) in [6.07, 6.45) is 7.88. The molecule has 0 bridgehead atoms. The average Bonchev–Trinajstić information content (AvgIpc) is 3.07. The summed E-state index contributed by atoms with van der Waals surface area (Å²) in [7, 11) is 0. The number of aryl methyl sites for hydroxylation is 1. The summed E-state index contributed by atoms with van der Waals surface area (Å²) in [5, 5.41) is 4.30. The van der Waals surface area contributed by atoms with E-state index in [4.69, 9.17) is 4.74 Å². The molecule has 1 aromatic carbocycles. The number of rotatable bonds is 3. The van der Waals surface area contributed by atoms with Crippen LogP contribution in [0.4, 0.5) is 0 Å². The van der Waals surface area contributed by atoms with Crippen molar-refractivity contribution in [1.29, 1.82) is 0 Å². The molecule has 0 amide bonds. The minimum Gasteiger partial charge on any atom is -0.374 e. The van der Waals surface area contributed by atoms with E-state index in [1.54, 1.807) is 0 Å². The predicted octanol–water partition coefficient (Wildman–Crippen LogP) is 2.66. The van der Waals surface area contributed by atoms with Crippen molar-refractivity contribution in [2.75, 3.05) is 19.7 Å². The number of benzene rings is 1. The molecule has 4 heteroatoms. The van der Waals surface area contributed by atoms with E-state index in [2.05, 4.69) is 34.3 Å². The first-order chi connectivity index (χ1) is 10.9. The monoisotopic (exact) mass is 297 g/mol. The van der Waals surface area contributed by atoms with Gasteiger partial charge in [0.1, 0.15) is 0 Å². The minimum atomic E-state index is 0.239. The minimum absolute atomic E-state index is 0.239. The molecule has 1 fully saturated rings. The summed E-state index contributed by atoms with van der Waals surface area (Å²) < 4.78 is 7.93. The van der Waals surface area contributed by atoms with Crippen LogP contribution in [0.3, 0.4) is 0 Å². The summed E-state index contributed by atoms with van der Waals surface area (Å²) >= 11 is 0. The summed E-state index contributed by atoms with van der Waals surface area (Å²) in [5.74, 6) is 0. The Bertz CT molecular complexity index is 611. The van der Waals surface area contributed by atoms with Gasteiger partial charge in [-0.2, -0.15) is 5.10 Å². The molecule has 4 rings (SSSR count). The zero-order valence-electron chi connectivity index (χ0n) is 12.9. The van der Waals surface area contributed by atoms with E-state index in [1.807, 2.05) is 23.1 Å². The Morgan fingerprint density at radius 1 is 1.23 bits per heavy atom. The molecular weight excluding hydrogens is 274 g/mol. The Balaban J connectivity index is 1.48. The maximum Gasteiger partial charge on any atom is 0.0898 e. The van der Waals surface area contributed by atoms with Crippen LogP contribution in [0.5, 0.6) is 0 Å². The normalized spacial score (nSPS) is 25.8. The van der Waals surface area contributed by atoms with Crippen LogP contribution in [0.1, 0.15) is 30.0 Å². The zero-order valence-corrected chi connectivity index (χ0v) is 12.9. The Morgan fingerprint density at radius 3 is 3.09 bits per heavy atom. The molecule has 116 valence electrons. The van der Waals surface area contributed by atoms with Gasteiger partial charge < -0.3 is 4.74 Å². The lowest BCUT2D eigenvalue weighted by Gasteiger charge is -2.40. The lowest BCUT2D eigenvalue weighted by atomic mass is 9.86. The molecule has 2 atom stereocenters. The Hall–Kier alpha value is -1.65. The van der Waals surface area contributed by atoms with E-state index < -0.39 is 0 Å². The van der Waals surface area contributed by atoms with Crippen molar-refractivity contribution in [2.24, 2.45) is 0 Å². The van der Waals surface area contributed by atoms with E-state index >= 15 is 0 Å². The van der Waals surface area contributed by atoms with Gasteiger partial charge in [0.25, 0.3) is 0 Å². The highest BCUT2D eigenvalue weighted by molar-refractivity contribution is 5.32. The highest BCUT2D eigenvalue weighted by Crippen LogP contribution is 2.35. The molecule has 1 aliphatic carbocycles. The van der Waals surface area contributed by atoms with Gasteiger partial charge in [0.15, 0.2) is 0 Å². The largest absolute Gasteiger partial charge is 0.374 e. The van der Waals surface area contributed by atoms with Crippen molar-refractivity contribution >= 4 is 0 Å². The van der Waals surface area contributed by atoms with Crippen LogP contribution in [0.2, 0.25) is 0 Å². The SMILES string of the molecule is c1ccc2c(c1)CCC[C@H]2N1CCO[C@@H](Cn2cccn2)C1. The Morgan fingerprint density at radius 2 is 2.18 bits per heavy atom. The van der Waals surface area contributed by atoms with Gasteiger partial charge in [-0.1, -0.05) is 24.3 Å². The van der Waals surface area contributed by atoms with E-state index in [0.29, 0.717) is 6.04 Å². The van der Waals surface area contributed by atoms with Gasteiger partial charge >= 0.3 is 0 Å². The highest BCUT2D eigenvalue weighted by atomic mass is 16.5. The molecule has 2 heterocycles. The molecule has 1 saturated heterocycles. The van der Waals surface area contributed by atoms with Gasteiger partial charge in [-0.05, 0) is 36.5 Å². The van der Waals surface area contributed by atoms with Crippen molar-refractivity contribution in [3.05, 3.63) is 53.9 Å². The fraction of sp³-hybridized carbons (Fsp3) is 0.500. The smallest absolute Gasteiger partial charge is 0.0898 e. The summed E-state index contributed by atoms with van der Waals surface area (Å²) in [4.78, 5) is 2.62. The number of morpholine rings is 1. The van der Waals surface area contributed by atoms with Gasteiger partial charge in [-0.25, -0.2) is 0 Å². The third-order valence-corrected chi connectivity index (χ3v) is 4.90. The molecule has 1 aliphatic heterocycles. The van der Waals surface area contributed by atoms with Crippen LogP contribution < -0.4 is 0 Å². The second-order valence-corrected chi connectivity index (χ2v) is 6.32. The molecule has 0 unspecified atom stereocenters. The van der Waals surface area contributed by atoms with Gasteiger partial charge in [-0.3, -0.25) is 9.58 Å². The molecule has 0 radical (unpaired) electrons. The molecule has 4 nitrogen and oxygen atoms in total. The molecule has 1 aromatic heterocycles.